The molecule has 2 heterocycles. The minimum Gasteiger partial charge on any atom is -0.497 e. The lowest BCUT2D eigenvalue weighted by molar-refractivity contribution is -0.128. The molecule has 2 aromatic carbocycles. The summed E-state index contributed by atoms with van der Waals surface area (Å²) in [6, 6.07) is 13.8. The summed E-state index contributed by atoms with van der Waals surface area (Å²) in [5, 5.41) is 3.97. The van der Waals surface area contributed by atoms with E-state index in [9.17, 15) is 9.18 Å². The summed E-state index contributed by atoms with van der Waals surface area (Å²) in [5.74, 6) is 0.738. The first-order valence-corrected chi connectivity index (χ1v) is 8.63. The van der Waals surface area contributed by atoms with Crippen LogP contribution in [-0.2, 0) is 11.3 Å². The fraction of sp³-hybridized carbons (Fsp3) is 0.250. The third-order valence-electron chi connectivity index (χ3n) is 4.63. The van der Waals surface area contributed by atoms with Crippen LogP contribution in [0.5, 0.6) is 5.75 Å². The third-order valence-corrected chi connectivity index (χ3v) is 4.63. The average Bonchev–Trinajstić information content (AvgIpc) is 3.30. The van der Waals surface area contributed by atoms with Gasteiger partial charge in [0.1, 0.15) is 11.6 Å². The number of carbonyl (C=O) groups excluding carboxylic acids is 1. The van der Waals surface area contributed by atoms with E-state index >= 15 is 0 Å². The van der Waals surface area contributed by atoms with Gasteiger partial charge in [-0.1, -0.05) is 29.4 Å². The first kappa shape index (κ1) is 17.2. The molecular weight excluding hydrogens is 349 g/mol. The Balaban J connectivity index is 1.49. The maximum absolute atomic E-state index is 13.9. The van der Waals surface area contributed by atoms with Crippen LogP contribution in [0.4, 0.5) is 4.39 Å². The van der Waals surface area contributed by atoms with Gasteiger partial charge in [0.15, 0.2) is 5.82 Å². The van der Waals surface area contributed by atoms with Crippen LogP contribution in [0.3, 0.4) is 0 Å². The Morgan fingerprint density at radius 1 is 1.26 bits per heavy atom. The second kappa shape index (κ2) is 7.19. The number of hydrogen-bond donors (Lipinski definition) is 0. The van der Waals surface area contributed by atoms with E-state index in [1.165, 1.54) is 6.07 Å². The van der Waals surface area contributed by atoms with Gasteiger partial charge in [-0.2, -0.15) is 4.98 Å². The van der Waals surface area contributed by atoms with Crippen molar-refractivity contribution >= 4 is 5.91 Å². The second-order valence-electron chi connectivity index (χ2n) is 6.46. The Bertz CT molecular complexity index is 972. The van der Waals surface area contributed by atoms with E-state index in [1.807, 2.05) is 24.3 Å². The van der Waals surface area contributed by atoms with Crippen LogP contribution in [0.15, 0.2) is 53.1 Å². The third kappa shape index (κ3) is 3.53. The Morgan fingerprint density at radius 2 is 2.11 bits per heavy atom. The zero-order chi connectivity index (χ0) is 18.8. The molecule has 1 aliphatic heterocycles. The molecule has 0 bridgehead atoms. The number of amides is 1. The quantitative estimate of drug-likeness (QED) is 0.691. The van der Waals surface area contributed by atoms with E-state index in [0.29, 0.717) is 25.3 Å². The molecule has 4 rings (SSSR count). The molecule has 1 fully saturated rings. The summed E-state index contributed by atoms with van der Waals surface area (Å²) in [6.45, 7) is 0.983. The molecule has 0 radical (unpaired) electrons. The molecular formula is C20H18FN3O3. The van der Waals surface area contributed by atoms with Crippen LogP contribution in [0.2, 0.25) is 0 Å². The number of halogens is 1. The molecule has 7 heteroatoms. The van der Waals surface area contributed by atoms with E-state index < -0.39 is 5.82 Å². The summed E-state index contributed by atoms with van der Waals surface area (Å²) >= 11 is 0. The molecule has 1 amide bonds. The highest BCUT2D eigenvalue weighted by molar-refractivity contribution is 5.79. The van der Waals surface area contributed by atoms with Gasteiger partial charge in [0.2, 0.25) is 5.91 Å². The Labute approximate surface area is 155 Å². The van der Waals surface area contributed by atoms with Gasteiger partial charge in [-0.15, -0.1) is 0 Å². The summed E-state index contributed by atoms with van der Waals surface area (Å²) in [6.07, 6.45) is 0.306. The Hall–Kier alpha value is -3.22. The summed E-state index contributed by atoms with van der Waals surface area (Å²) in [5.41, 5.74) is 1.25. The normalized spacial score (nSPS) is 16.7. The van der Waals surface area contributed by atoms with Crippen LogP contribution in [0.1, 0.15) is 23.7 Å². The van der Waals surface area contributed by atoms with Crippen LogP contribution in [-0.4, -0.2) is 34.6 Å². The lowest BCUT2D eigenvalue weighted by atomic mass is 10.1. The van der Waals surface area contributed by atoms with Crippen molar-refractivity contribution in [3.63, 3.8) is 0 Å². The first-order chi connectivity index (χ1) is 13.1. The lowest BCUT2D eigenvalue weighted by Gasteiger charge is -2.16. The maximum atomic E-state index is 13.9. The monoisotopic (exact) mass is 367 g/mol. The number of likely N-dealkylation sites (tertiary alicyclic amines) is 1. The molecule has 0 aliphatic carbocycles. The van der Waals surface area contributed by atoms with Gasteiger partial charge in [-0.25, -0.2) is 4.39 Å². The fourth-order valence-corrected chi connectivity index (χ4v) is 3.23. The zero-order valence-corrected chi connectivity index (χ0v) is 14.8. The Kier molecular flexibility index (Phi) is 4.58. The maximum Gasteiger partial charge on any atom is 0.260 e. The lowest BCUT2D eigenvalue weighted by Crippen LogP contribution is -2.24. The second-order valence-corrected chi connectivity index (χ2v) is 6.46. The van der Waals surface area contributed by atoms with E-state index in [1.54, 1.807) is 30.2 Å². The number of carbonyl (C=O) groups is 1. The standard InChI is InChI=1S/C20H18FN3O3/c1-26-15-6-4-5-13(9-15)11-24-12-14(10-18(24)25)19-22-20(27-23-19)16-7-2-3-8-17(16)21/h2-9,14H,10-12H2,1H3. The zero-order valence-electron chi connectivity index (χ0n) is 14.8. The van der Waals surface area contributed by atoms with E-state index in [0.717, 1.165) is 11.3 Å². The molecule has 1 atom stereocenters. The largest absolute Gasteiger partial charge is 0.497 e. The number of methoxy groups -OCH3 is 1. The molecule has 3 aromatic rings. The predicted molar refractivity (Wildman–Crippen MR) is 95.5 cm³/mol. The summed E-state index contributed by atoms with van der Waals surface area (Å²) < 4.78 is 24.3. The summed E-state index contributed by atoms with van der Waals surface area (Å²) in [7, 11) is 1.61. The van der Waals surface area contributed by atoms with Gasteiger partial charge in [-0.05, 0) is 29.8 Å². The van der Waals surface area contributed by atoms with Crippen molar-refractivity contribution in [3.8, 4) is 17.2 Å². The van der Waals surface area contributed by atoms with E-state index in [2.05, 4.69) is 10.1 Å². The van der Waals surface area contributed by atoms with Gasteiger partial charge in [0.05, 0.1) is 12.7 Å². The molecule has 27 heavy (non-hydrogen) atoms. The van der Waals surface area contributed by atoms with Crippen molar-refractivity contribution in [2.24, 2.45) is 0 Å². The van der Waals surface area contributed by atoms with Crippen molar-refractivity contribution in [3.05, 3.63) is 65.7 Å². The molecule has 6 nitrogen and oxygen atoms in total. The number of rotatable bonds is 5. The van der Waals surface area contributed by atoms with Gasteiger partial charge < -0.3 is 14.2 Å². The minimum atomic E-state index is -0.421. The number of nitrogens with zero attached hydrogens (tertiary/aromatic N) is 3. The number of aromatic nitrogens is 2. The van der Waals surface area contributed by atoms with Gasteiger partial charge in [-0.3, -0.25) is 4.79 Å². The number of ether oxygens (including phenoxy) is 1. The van der Waals surface area contributed by atoms with E-state index in [-0.39, 0.29) is 23.3 Å². The molecule has 1 aromatic heterocycles. The predicted octanol–water partition coefficient (Wildman–Crippen LogP) is 3.40. The van der Waals surface area contributed by atoms with Crippen LogP contribution in [0, 0.1) is 5.82 Å². The first-order valence-electron chi connectivity index (χ1n) is 8.63. The van der Waals surface area contributed by atoms with Gasteiger partial charge in [0, 0.05) is 25.4 Å². The molecule has 1 saturated heterocycles. The Morgan fingerprint density at radius 3 is 2.93 bits per heavy atom. The van der Waals surface area contributed by atoms with Crippen molar-refractivity contribution in [2.45, 2.75) is 18.9 Å². The van der Waals surface area contributed by atoms with Crippen LogP contribution < -0.4 is 4.74 Å². The SMILES string of the molecule is COc1cccc(CN2CC(c3noc(-c4ccccc4F)n3)CC2=O)c1. The number of benzene rings is 2. The van der Waals surface area contributed by atoms with Crippen molar-refractivity contribution in [1.82, 2.24) is 15.0 Å². The van der Waals surface area contributed by atoms with Gasteiger partial charge >= 0.3 is 0 Å². The smallest absolute Gasteiger partial charge is 0.260 e. The van der Waals surface area contributed by atoms with Crippen molar-refractivity contribution in [1.29, 1.82) is 0 Å². The average molecular weight is 367 g/mol. The topological polar surface area (TPSA) is 68.5 Å². The van der Waals surface area contributed by atoms with Gasteiger partial charge in [0.25, 0.3) is 5.89 Å². The van der Waals surface area contributed by atoms with Crippen LogP contribution in [0.25, 0.3) is 11.5 Å². The number of hydrogen-bond acceptors (Lipinski definition) is 5. The molecule has 0 saturated carbocycles. The summed E-state index contributed by atoms with van der Waals surface area (Å²) in [4.78, 5) is 18.5. The molecule has 1 aliphatic rings. The molecule has 1 unspecified atom stereocenters. The van der Waals surface area contributed by atoms with E-state index in [4.69, 9.17) is 9.26 Å². The molecule has 138 valence electrons. The highest BCUT2D eigenvalue weighted by Crippen LogP contribution is 2.30. The minimum absolute atomic E-state index is 0.0278. The van der Waals surface area contributed by atoms with Crippen molar-refractivity contribution < 1.29 is 18.4 Å². The highest BCUT2D eigenvalue weighted by Gasteiger charge is 2.34. The van der Waals surface area contributed by atoms with Crippen molar-refractivity contribution in [2.75, 3.05) is 13.7 Å². The fourth-order valence-electron chi connectivity index (χ4n) is 3.23. The molecule has 0 N–H and O–H groups in total. The van der Waals surface area contributed by atoms with Crippen LogP contribution >= 0.6 is 0 Å². The molecule has 0 spiro atoms. The highest BCUT2D eigenvalue weighted by atomic mass is 19.1.